The molecule has 0 spiro atoms. The van der Waals surface area contributed by atoms with Crippen molar-refractivity contribution in [2.45, 2.75) is 0 Å². The van der Waals surface area contributed by atoms with E-state index in [2.05, 4.69) is 0 Å². The first kappa shape index (κ1) is 16.3. The highest BCUT2D eigenvalue weighted by Gasteiger charge is 2.22. The second-order valence-electron chi connectivity index (χ2n) is 13.3. The standard InChI is InChI=1S/C60H42N2/c1-5-17-43(18-6-1)47-29-35-51(36-30-47)61(52-37-31-48(32-38-52)44-19-7-2-8-20-44)57-27-15-13-25-53(57)54-26-14-16-28-58(54)62-59-39-33-49(45-21-9-3-10-22-45)41-55(59)56-42-50(34-40-60(56)62)46-23-11-4-12-24-46/h1-42H/i1D,2D,3D,4D,5D,6D,7D,8D,9D,10D,11D,12D,17D,18D,19D,20D,21D,22D,23D,24D,29D,30D,31D,32D,33D,34D,35D,37D,39D,40D,41D,42D. The van der Waals surface area contributed by atoms with Crippen LogP contribution in [0, 0.1) is 0 Å². The molecule has 0 radical (unpaired) electrons. The molecule has 10 aromatic carbocycles. The lowest BCUT2D eigenvalue weighted by atomic mass is 9.98. The fourth-order valence-electron chi connectivity index (χ4n) is 6.97. The largest absolute Gasteiger partial charge is 0.310 e. The van der Waals surface area contributed by atoms with Crippen molar-refractivity contribution in [2.75, 3.05) is 4.90 Å². The Kier molecular flexibility index (Phi) is 4.24. The summed E-state index contributed by atoms with van der Waals surface area (Å²) >= 11 is 0. The molecule has 0 aliphatic heterocycles. The Hall–Kier alpha value is -8.20. The number of fused-ring (bicyclic) bond motifs is 3. The Labute approximate surface area is 407 Å². The normalized spacial score (nSPS) is 18.5. The van der Waals surface area contributed by atoms with E-state index in [1.54, 1.807) is 0 Å². The van der Waals surface area contributed by atoms with Crippen molar-refractivity contribution in [2.24, 2.45) is 0 Å². The van der Waals surface area contributed by atoms with Gasteiger partial charge in [-0.25, -0.2) is 0 Å². The highest BCUT2D eigenvalue weighted by molar-refractivity contribution is 6.12. The van der Waals surface area contributed by atoms with Crippen LogP contribution in [0.1, 0.15) is 43.9 Å². The minimum atomic E-state index is -0.918. The van der Waals surface area contributed by atoms with Gasteiger partial charge in [0.1, 0.15) is 0 Å². The molecule has 0 aliphatic carbocycles. The van der Waals surface area contributed by atoms with Gasteiger partial charge in [0.15, 0.2) is 0 Å². The molecule has 0 saturated heterocycles. The molecule has 0 aliphatic rings. The third-order valence-corrected chi connectivity index (χ3v) is 9.68. The highest BCUT2D eigenvalue weighted by atomic mass is 15.1. The van der Waals surface area contributed by atoms with E-state index in [0.717, 1.165) is 21.6 Å². The van der Waals surface area contributed by atoms with Crippen molar-refractivity contribution in [1.82, 2.24) is 4.57 Å². The van der Waals surface area contributed by atoms with Gasteiger partial charge in [-0.1, -0.05) is 194 Å². The van der Waals surface area contributed by atoms with E-state index in [9.17, 15) is 16.4 Å². The Balaban J connectivity index is 1.29. The molecular weight excluding hydrogens is 749 g/mol. The van der Waals surface area contributed by atoms with E-state index >= 15 is 0 Å². The van der Waals surface area contributed by atoms with Crippen molar-refractivity contribution in [3.05, 3.63) is 254 Å². The second-order valence-corrected chi connectivity index (χ2v) is 13.3. The maximum atomic E-state index is 9.99. The number of para-hydroxylation sites is 2. The van der Waals surface area contributed by atoms with E-state index in [1.807, 2.05) is 0 Å². The number of benzene rings is 10. The zero-order valence-electron chi connectivity index (χ0n) is 63.7. The molecule has 1 heterocycles. The van der Waals surface area contributed by atoms with E-state index in [1.165, 1.54) is 48.5 Å². The lowest BCUT2D eigenvalue weighted by molar-refractivity contribution is 1.18. The Morgan fingerprint density at radius 3 is 1.19 bits per heavy atom. The fraction of sp³-hybridized carbons (Fsp3) is 0. The van der Waals surface area contributed by atoms with Crippen molar-refractivity contribution in [3.63, 3.8) is 0 Å². The molecule has 0 saturated carbocycles. The van der Waals surface area contributed by atoms with Gasteiger partial charge in [-0.3, -0.25) is 0 Å². The molecule has 0 unspecified atom stereocenters. The predicted molar refractivity (Wildman–Crippen MR) is 263 cm³/mol. The average Bonchev–Trinajstić information content (AvgIpc) is 1.51. The summed E-state index contributed by atoms with van der Waals surface area (Å²) in [5, 5.41) is -1.05. The van der Waals surface area contributed by atoms with Gasteiger partial charge in [-0.2, -0.15) is 0 Å². The van der Waals surface area contributed by atoms with Gasteiger partial charge in [0, 0.05) is 33.3 Å². The first-order valence-corrected chi connectivity index (χ1v) is 18.7. The third kappa shape index (κ3) is 6.84. The van der Waals surface area contributed by atoms with Gasteiger partial charge in [-0.05, 0) is 105 Å². The molecule has 0 N–H and O–H groups in total. The van der Waals surface area contributed by atoms with Gasteiger partial charge < -0.3 is 9.47 Å². The number of nitrogens with zero attached hydrogens (tertiary/aromatic N) is 2. The van der Waals surface area contributed by atoms with Crippen LogP contribution >= 0.6 is 0 Å². The second kappa shape index (κ2) is 16.1. The van der Waals surface area contributed by atoms with Gasteiger partial charge in [0.05, 0.1) is 66.3 Å². The molecule has 0 fully saturated rings. The average molecular weight is 823 g/mol. The van der Waals surface area contributed by atoms with Crippen LogP contribution in [0.15, 0.2) is 254 Å². The minimum Gasteiger partial charge on any atom is -0.310 e. The van der Waals surface area contributed by atoms with Gasteiger partial charge in [0.25, 0.3) is 0 Å². The summed E-state index contributed by atoms with van der Waals surface area (Å²) in [4.78, 5) is 1.06. The summed E-state index contributed by atoms with van der Waals surface area (Å²) in [7, 11) is 0. The molecule has 62 heavy (non-hydrogen) atoms. The summed E-state index contributed by atoms with van der Waals surface area (Å²) in [6, 6.07) is -13.8. The quantitative estimate of drug-likeness (QED) is 0.141. The Bertz CT molecular complexity index is 4860. The zero-order valence-corrected chi connectivity index (χ0v) is 31.7. The topological polar surface area (TPSA) is 8.17 Å². The molecular formula is C60H42N2. The van der Waals surface area contributed by atoms with Crippen molar-refractivity contribution in [1.29, 1.82) is 0 Å². The number of hydrogen-bond donors (Lipinski definition) is 0. The monoisotopic (exact) mass is 823 g/mol. The summed E-state index contributed by atoms with van der Waals surface area (Å²) in [6.07, 6.45) is 0. The van der Waals surface area contributed by atoms with Crippen LogP contribution in [0.25, 0.3) is 83.1 Å². The third-order valence-electron chi connectivity index (χ3n) is 9.68. The summed E-state index contributed by atoms with van der Waals surface area (Å²) < 4.78 is 289. The van der Waals surface area contributed by atoms with E-state index in [0.29, 0.717) is 0 Å². The van der Waals surface area contributed by atoms with Crippen LogP contribution in [0.2, 0.25) is 0 Å². The minimum absolute atomic E-state index is 0.0137. The maximum absolute atomic E-state index is 9.99. The van der Waals surface area contributed by atoms with Crippen LogP contribution in [-0.4, -0.2) is 4.57 Å². The molecule has 2 nitrogen and oxygen atoms in total. The molecule has 1 aromatic heterocycles. The van der Waals surface area contributed by atoms with E-state index in [-0.39, 0.29) is 22.5 Å². The van der Waals surface area contributed by atoms with Crippen LogP contribution in [0.5, 0.6) is 0 Å². The van der Waals surface area contributed by atoms with Gasteiger partial charge >= 0.3 is 0 Å². The van der Waals surface area contributed by atoms with E-state index in [4.69, 9.17) is 27.4 Å². The van der Waals surface area contributed by atoms with Crippen molar-refractivity contribution >= 4 is 38.9 Å². The van der Waals surface area contributed by atoms with E-state index < -0.39 is 271 Å². The Morgan fingerprint density at radius 1 is 0.323 bits per heavy atom. The predicted octanol–water partition coefficient (Wildman–Crippen LogP) is 16.6. The molecule has 2 heteroatoms. The number of anilines is 3. The first-order chi connectivity index (χ1) is 44.1. The number of aromatic nitrogens is 1. The smallest absolute Gasteiger partial charge is 0.0645 e. The summed E-state index contributed by atoms with van der Waals surface area (Å²) in [5.74, 6) is 0. The number of rotatable bonds is 9. The zero-order chi connectivity index (χ0) is 69.1. The molecule has 292 valence electrons. The summed E-state index contributed by atoms with van der Waals surface area (Å²) in [5.41, 5.74) is -7.66. The van der Waals surface area contributed by atoms with Gasteiger partial charge in [-0.15, -0.1) is 0 Å². The number of hydrogen-bond acceptors (Lipinski definition) is 1. The highest BCUT2D eigenvalue weighted by Crippen LogP contribution is 2.45. The van der Waals surface area contributed by atoms with Crippen molar-refractivity contribution < 1.29 is 43.9 Å². The lowest BCUT2D eigenvalue weighted by Gasteiger charge is -2.29. The first-order valence-electron chi connectivity index (χ1n) is 34.7. The molecule has 0 atom stereocenters. The fourth-order valence-corrected chi connectivity index (χ4v) is 6.97. The van der Waals surface area contributed by atoms with Gasteiger partial charge in [0.2, 0.25) is 0 Å². The lowest BCUT2D eigenvalue weighted by Crippen LogP contribution is -2.11. The van der Waals surface area contributed by atoms with Crippen LogP contribution in [0.4, 0.5) is 17.1 Å². The van der Waals surface area contributed by atoms with Crippen LogP contribution in [0.3, 0.4) is 0 Å². The Morgan fingerprint density at radius 2 is 0.710 bits per heavy atom. The van der Waals surface area contributed by atoms with Crippen LogP contribution in [-0.2, 0) is 0 Å². The van der Waals surface area contributed by atoms with Crippen molar-refractivity contribution in [3.8, 4) is 61.3 Å². The molecule has 11 rings (SSSR count). The molecule has 11 aromatic rings. The maximum Gasteiger partial charge on any atom is 0.0645 e. The summed E-state index contributed by atoms with van der Waals surface area (Å²) in [6.45, 7) is 0. The molecule has 0 bridgehead atoms. The SMILES string of the molecule is [2H]c1cc(N(c2ccccc2-c2ccccc2-n2c3c([2H])c([2H])c(-c4c([2H])c([2H])c([2H])c([2H])c4[2H])c([2H])c3c3c([2H])c(-c4c([2H])c([2H])c([2H])c([2H])c4[2H])c([2H])c([2H])c32)c2cc([2H])c(-c3c([2H])c([2H])c([2H])c([2H])c3[2H])c([2H])c2[2H])c([2H])c([2H])c1-c1c([2H])c([2H])c([2H])c([2H])c1[2H]. The molecule has 0 amide bonds. The van der Waals surface area contributed by atoms with Crippen LogP contribution < -0.4 is 4.90 Å².